The fourth-order valence-electron chi connectivity index (χ4n) is 6.17. The van der Waals surface area contributed by atoms with Crippen molar-refractivity contribution < 1.29 is 55.6 Å². The Morgan fingerprint density at radius 1 is 1.07 bits per heavy atom. The average molecular weight is 598 g/mol. The van der Waals surface area contributed by atoms with Gasteiger partial charge in [-0.2, -0.15) is 13.2 Å². The fraction of sp³-hybridized carbons (Fsp3) is 0.448. The van der Waals surface area contributed by atoms with Gasteiger partial charge in [-0.3, -0.25) is 9.79 Å². The zero-order chi connectivity index (χ0) is 30.0. The van der Waals surface area contributed by atoms with Gasteiger partial charge in [-0.1, -0.05) is 5.57 Å². The molecule has 2 aromatic rings. The van der Waals surface area contributed by atoms with Crippen molar-refractivity contribution in [2.75, 3.05) is 26.4 Å². The van der Waals surface area contributed by atoms with Crippen molar-refractivity contribution >= 4 is 11.9 Å². The topological polar surface area (TPSA) is 97.6 Å². The summed E-state index contributed by atoms with van der Waals surface area (Å²) < 4.78 is 102. The van der Waals surface area contributed by atoms with E-state index < -0.39 is 58.5 Å². The molecule has 7 nitrogen and oxygen atoms in total. The SMILES string of the molecule is O=C(O)[C@H]1[C@@H]2CC3=CC(OCc4cc(-c5c(F)cc(OCCC6(O)COC6)cc5F)c(C(F)(F)F)cc4F)=NCC3[C@@H]21. The molecule has 0 bridgehead atoms. The Morgan fingerprint density at radius 2 is 1.79 bits per heavy atom. The molecule has 2 aliphatic heterocycles. The second-order valence-corrected chi connectivity index (χ2v) is 11.2. The van der Waals surface area contributed by atoms with E-state index in [9.17, 15) is 32.6 Å². The standard InChI is InChI=1S/C29H25F6NO6/c30-20-8-19(29(33,34)35)16(25-21(31)6-15(7-22(25)32)41-2-1-28(39)11-40-12-28)4-14(20)10-42-23-5-13-3-17-24(18(13)9-36-23)26(17)27(37)38/h4-8,17-18,24,26,39H,1-3,9-12H2,(H,37,38)/t17-,18?,24-,26+/m1/s1. The summed E-state index contributed by atoms with van der Waals surface area (Å²) in [5, 5.41) is 19.3. The molecule has 3 fully saturated rings. The fourth-order valence-corrected chi connectivity index (χ4v) is 6.17. The molecule has 1 unspecified atom stereocenters. The predicted octanol–water partition coefficient (Wildman–Crippen LogP) is 5.14. The normalized spacial score (nSPS) is 25.5. The van der Waals surface area contributed by atoms with Crippen molar-refractivity contribution in [1.29, 1.82) is 0 Å². The van der Waals surface area contributed by atoms with Gasteiger partial charge in [0, 0.05) is 42.1 Å². The van der Waals surface area contributed by atoms with Crippen LogP contribution in [0.3, 0.4) is 0 Å². The number of fused-ring (bicyclic) bond motifs is 3. The number of alkyl halides is 3. The number of carboxylic acid groups (broad SMARTS) is 1. The number of aliphatic hydroxyl groups is 1. The van der Waals surface area contributed by atoms with E-state index in [0.29, 0.717) is 12.5 Å². The van der Waals surface area contributed by atoms with Crippen LogP contribution in [-0.2, 0) is 27.1 Å². The number of nitrogens with zero attached hydrogens (tertiary/aromatic N) is 1. The van der Waals surface area contributed by atoms with Gasteiger partial charge in [0.25, 0.3) is 0 Å². The van der Waals surface area contributed by atoms with Gasteiger partial charge in [0.15, 0.2) is 0 Å². The summed E-state index contributed by atoms with van der Waals surface area (Å²) in [5.41, 5.74) is -4.02. The molecule has 0 spiro atoms. The van der Waals surface area contributed by atoms with E-state index in [-0.39, 0.29) is 79.7 Å². The molecule has 224 valence electrons. The number of hydrogen-bond donors (Lipinski definition) is 2. The molecule has 4 aliphatic rings. The largest absolute Gasteiger partial charge is 0.493 e. The molecule has 1 saturated heterocycles. The van der Waals surface area contributed by atoms with E-state index in [4.69, 9.17) is 14.2 Å². The highest BCUT2D eigenvalue weighted by atomic mass is 19.4. The lowest BCUT2D eigenvalue weighted by Gasteiger charge is -2.36. The smallest absolute Gasteiger partial charge is 0.417 e. The van der Waals surface area contributed by atoms with E-state index in [1.54, 1.807) is 6.08 Å². The maximum atomic E-state index is 15.1. The van der Waals surface area contributed by atoms with Gasteiger partial charge >= 0.3 is 12.1 Å². The first-order chi connectivity index (χ1) is 19.8. The van der Waals surface area contributed by atoms with Crippen molar-refractivity contribution in [3.05, 3.63) is 64.5 Å². The lowest BCUT2D eigenvalue weighted by molar-refractivity contribution is -0.184. The van der Waals surface area contributed by atoms with Gasteiger partial charge in [-0.25, -0.2) is 13.2 Å². The number of dihydropyridines is 1. The van der Waals surface area contributed by atoms with Crippen LogP contribution in [0.25, 0.3) is 11.1 Å². The van der Waals surface area contributed by atoms with Crippen LogP contribution >= 0.6 is 0 Å². The minimum atomic E-state index is -5.13. The van der Waals surface area contributed by atoms with Gasteiger partial charge < -0.3 is 24.4 Å². The van der Waals surface area contributed by atoms with Gasteiger partial charge in [-0.15, -0.1) is 0 Å². The number of aliphatic carboxylic acids is 1. The van der Waals surface area contributed by atoms with E-state index >= 15 is 8.78 Å². The third-order valence-electron chi connectivity index (χ3n) is 8.41. The van der Waals surface area contributed by atoms with Crippen molar-refractivity contribution in [2.45, 2.75) is 31.2 Å². The zero-order valence-corrected chi connectivity index (χ0v) is 21.9. The van der Waals surface area contributed by atoms with Gasteiger partial charge in [-0.05, 0) is 36.5 Å². The molecular weight excluding hydrogens is 572 g/mol. The van der Waals surface area contributed by atoms with Crippen LogP contribution in [0.15, 0.2) is 40.9 Å². The van der Waals surface area contributed by atoms with Gasteiger partial charge in [0.2, 0.25) is 5.90 Å². The first kappa shape index (κ1) is 28.5. The van der Waals surface area contributed by atoms with Crippen LogP contribution in [0.2, 0.25) is 0 Å². The van der Waals surface area contributed by atoms with E-state index in [1.165, 1.54) is 0 Å². The first-order valence-electron chi connectivity index (χ1n) is 13.3. The van der Waals surface area contributed by atoms with Crippen molar-refractivity contribution in [2.24, 2.45) is 28.7 Å². The minimum Gasteiger partial charge on any atom is -0.493 e. The number of carboxylic acids is 1. The molecule has 42 heavy (non-hydrogen) atoms. The highest BCUT2D eigenvalue weighted by molar-refractivity contribution is 5.90. The molecule has 0 aromatic heterocycles. The Hall–Kier alpha value is -3.58. The van der Waals surface area contributed by atoms with Crippen LogP contribution in [0, 0.1) is 41.1 Å². The maximum absolute atomic E-state index is 15.1. The van der Waals surface area contributed by atoms with Crippen LogP contribution in [-0.4, -0.2) is 54.0 Å². The molecule has 6 rings (SSSR count). The van der Waals surface area contributed by atoms with Gasteiger partial charge in [0.1, 0.15) is 35.4 Å². The second-order valence-electron chi connectivity index (χ2n) is 11.2. The summed E-state index contributed by atoms with van der Waals surface area (Å²) in [5.74, 6) is -5.36. The number of benzene rings is 2. The highest BCUT2D eigenvalue weighted by Crippen LogP contribution is 2.63. The van der Waals surface area contributed by atoms with E-state index in [2.05, 4.69) is 4.99 Å². The molecule has 2 aliphatic carbocycles. The van der Waals surface area contributed by atoms with E-state index in [1.807, 2.05) is 0 Å². The maximum Gasteiger partial charge on any atom is 0.417 e. The Labute approximate surface area is 235 Å². The Bertz CT molecular complexity index is 1480. The summed E-state index contributed by atoms with van der Waals surface area (Å²) in [7, 11) is 0. The molecular formula is C29H25F6NO6. The molecule has 4 atom stereocenters. The average Bonchev–Trinajstić information content (AvgIpc) is 3.49. The third kappa shape index (κ3) is 5.24. The summed E-state index contributed by atoms with van der Waals surface area (Å²) >= 11 is 0. The summed E-state index contributed by atoms with van der Waals surface area (Å²) in [6.45, 7) is -0.217. The van der Waals surface area contributed by atoms with Crippen LogP contribution < -0.4 is 4.74 Å². The number of aliphatic imine (C=N–C) groups is 1. The lowest BCUT2D eigenvalue weighted by Crippen LogP contribution is -2.50. The minimum absolute atomic E-state index is 0.0132. The molecule has 2 N–H and O–H groups in total. The van der Waals surface area contributed by atoms with Crippen LogP contribution in [0.5, 0.6) is 5.75 Å². The Balaban J connectivity index is 1.21. The van der Waals surface area contributed by atoms with Gasteiger partial charge in [0.05, 0.1) is 36.9 Å². The Morgan fingerprint density at radius 3 is 2.40 bits per heavy atom. The molecule has 0 amide bonds. The van der Waals surface area contributed by atoms with Crippen molar-refractivity contribution in [1.82, 2.24) is 0 Å². The molecule has 0 radical (unpaired) electrons. The molecule has 2 heterocycles. The monoisotopic (exact) mass is 597 g/mol. The highest BCUT2D eigenvalue weighted by Gasteiger charge is 2.63. The predicted molar refractivity (Wildman–Crippen MR) is 134 cm³/mol. The van der Waals surface area contributed by atoms with Crippen molar-refractivity contribution in [3.63, 3.8) is 0 Å². The molecule has 2 saturated carbocycles. The second kappa shape index (κ2) is 10.3. The summed E-state index contributed by atoms with van der Waals surface area (Å²) in [6.07, 6.45) is -2.81. The first-order valence-corrected chi connectivity index (χ1v) is 13.3. The number of rotatable bonds is 8. The lowest BCUT2D eigenvalue weighted by atomic mass is 9.92. The van der Waals surface area contributed by atoms with Crippen LogP contribution in [0.4, 0.5) is 26.3 Å². The number of ether oxygens (including phenoxy) is 3. The summed E-state index contributed by atoms with van der Waals surface area (Å²) in [4.78, 5) is 15.6. The van der Waals surface area contributed by atoms with Crippen LogP contribution in [0.1, 0.15) is 24.0 Å². The Kier molecular flexibility index (Phi) is 7.00. The molecule has 13 heteroatoms. The number of hydrogen-bond acceptors (Lipinski definition) is 6. The summed E-state index contributed by atoms with van der Waals surface area (Å²) in [6, 6.07) is 2.32. The zero-order valence-electron chi connectivity index (χ0n) is 21.9. The third-order valence-corrected chi connectivity index (χ3v) is 8.41. The quantitative estimate of drug-likeness (QED) is 0.409. The van der Waals surface area contributed by atoms with E-state index in [0.717, 1.165) is 17.7 Å². The number of carbonyl (C=O) groups is 1. The molecule has 2 aromatic carbocycles. The van der Waals surface area contributed by atoms with Crippen molar-refractivity contribution in [3.8, 4) is 16.9 Å². The number of halogens is 6.